The highest BCUT2D eigenvalue weighted by molar-refractivity contribution is 5.99. The number of amides is 5. The number of carbonyl (C=O) groups excluding carboxylic acids is 5. The summed E-state index contributed by atoms with van der Waals surface area (Å²) < 4.78 is 0. The number of benzene rings is 5. The van der Waals surface area contributed by atoms with Crippen molar-refractivity contribution in [2.75, 3.05) is 58.9 Å². The van der Waals surface area contributed by atoms with Crippen molar-refractivity contribution in [3.05, 3.63) is 177 Å². The highest BCUT2D eigenvalue weighted by atomic mass is 16.2. The van der Waals surface area contributed by atoms with Gasteiger partial charge in [-0.3, -0.25) is 24.0 Å². The Hall–Kier alpha value is -8.63. The van der Waals surface area contributed by atoms with Gasteiger partial charge in [0.25, 0.3) is 11.8 Å². The zero-order valence-corrected chi connectivity index (χ0v) is 39.3. The number of nitrogens with one attached hydrogen (secondary N) is 4. The van der Waals surface area contributed by atoms with Gasteiger partial charge in [-0.05, 0) is 127 Å². The van der Waals surface area contributed by atoms with Gasteiger partial charge in [-0.15, -0.1) is 0 Å². The maximum atomic E-state index is 14.1. The van der Waals surface area contributed by atoms with Crippen molar-refractivity contribution in [1.29, 1.82) is 21.0 Å². The molecule has 358 valence electrons. The molecule has 2 fully saturated rings. The van der Waals surface area contributed by atoms with Crippen molar-refractivity contribution in [3.63, 3.8) is 0 Å². The molecule has 4 N–H and O–H groups in total. The molecule has 0 radical (unpaired) electrons. The number of nitriles is 4. The van der Waals surface area contributed by atoms with Crippen LogP contribution < -0.4 is 21.3 Å². The fourth-order valence-electron chi connectivity index (χ4n) is 9.05. The molecular weight excluding hydrogens is 893 g/mol. The quantitative estimate of drug-likeness (QED) is 0.0849. The van der Waals surface area contributed by atoms with Gasteiger partial charge in [-0.2, -0.15) is 21.0 Å². The largest absolute Gasteiger partial charge is 0.355 e. The Bertz CT molecular complexity index is 2770. The minimum atomic E-state index is -0.828. The molecule has 7 rings (SSSR count). The molecule has 5 aromatic rings. The maximum absolute atomic E-state index is 14.1. The van der Waals surface area contributed by atoms with Crippen molar-refractivity contribution in [2.24, 2.45) is 23.7 Å². The summed E-state index contributed by atoms with van der Waals surface area (Å²) in [5.41, 5.74) is 6.75. The second-order valence-electron chi connectivity index (χ2n) is 17.9. The van der Waals surface area contributed by atoms with Crippen LogP contribution >= 0.6 is 0 Å². The zero-order chi connectivity index (χ0) is 50.1. The van der Waals surface area contributed by atoms with Crippen molar-refractivity contribution in [2.45, 2.75) is 25.7 Å². The Morgan fingerprint density at radius 1 is 0.408 bits per heavy atom. The van der Waals surface area contributed by atoms with E-state index in [9.17, 15) is 24.0 Å². The third kappa shape index (κ3) is 13.5. The minimum absolute atomic E-state index is 0.00350. The van der Waals surface area contributed by atoms with Crippen LogP contribution in [0.25, 0.3) is 0 Å². The van der Waals surface area contributed by atoms with Crippen LogP contribution in [-0.4, -0.2) is 98.2 Å². The summed E-state index contributed by atoms with van der Waals surface area (Å²) in [7, 11) is 0. The molecule has 2 aliphatic rings. The lowest BCUT2D eigenvalue weighted by Gasteiger charge is -2.18. The first-order chi connectivity index (χ1) is 34.5. The molecule has 4 atom stereocenters. The lowest BCUT2D eigenvalue weighted by molar-refractivity contribution is -0.132. The average molecular weight is 947 g/mol. The van der Waals surface area contributed by atoms with Gasteiger partial charge in [-0.25, -0.2) is 0 Å². The lowest BCUT2D eigenvalue weighted by Crippen LogP contribution is -2.42. The average Bonchev–Trinajstić information content (AvgIpc) is 4.06. The van der Waals surface area contributed by atoms with E-state index in [2.05, 4.69) is 45.5 Å². The summed E-state index contributed by atoms with van der Waals surface area (Å²) in [6, 6.07) is 43.5. The number of rotatable bonds is 19. The van der Waals surface area contributed by atoms with Crippen LogP contribution in [-0.2, 0) is 40.1 Å². The molecule has 2 heterocycles. The summed E-state index contributed by atoms with van der Waals surface area (Å²) in [4.78, 5) is 72.6. The van der Waals surface area contributed by atoms with E-state index >= 15 is 0 Å². The maximum Gasteiger partial charge on any atom is 0.253 e. The molecule has 15 heteroatoms. The van der Waals surface area contributed by atoms with Crippen LogP contribution in [0, 0.1) is 69.0 Å². The van der Waals surface area contributed by atoms with Crippen molar-refractivity contribution in [1.82, 2.24) is 31.1 Å². The van der Waals surface area contributed by atoms with Gasteiger partial charge in [0, 0.05) is 69.4 Å². The monoisotopic (exact) mass is 946 g/mol. The van der Waals surface area contributed by atoms with Crippen LogP contribution in [0.1, 0.15) is 65.2 Å². The van der Waals surface area contributed by atoms with E-state index in [4.69, 9.17) is 21.0 Å². The van der Waals surface area contributed by atoms with E-state index < -0.39 is 23.7 Å². The fraction of sp³-hybridized carbons (Fsp3) is 0.304. The normalized spacial score (nSPS) is 17.0. The summed E-state index contributed by atoms with van der Waals surface area (Å²) in [5.74, 6) is -3.87. The summed E-state index contributed by atoms with van der Waals surface area (Å²) in [6.45, 7) is 2.62. The predicted molar refractivity (Wildman–Crippen MR) is 264 cm³/mol. The number of likely N-dealkylation sites (tertiary alicyclic amines) is 2. The van der Waals surface area contributed by atoms with Crippen LogP contribution in [0.4, 0.5) is 0 Å². The molecule has 0 bridgehead atoms. The smallest absolute Gasteiger partial charge is 0.253 e. The minimum Gasteiger partial charge on any atom is -0.355 e. The molecule has 5 aromatic carbocycles. The molecule has 0 spiro atoms. The van der Waals surface area contributed by atoms with Crippen molar-refractivity contribution in [3.8, 4) is 24.3 Å². The number of carbonyl (C=O) groups is 5. The first-order valence-electron chi connectivity index (χ1n) is 23.7. The summed E-state index contributed by atoms with van der Waals surface area (Å²) >= 11 is 0. The first-order valence-corrected chi connectivity index (χ1v) is 23.7. The van der Waals surface area contributed by atoms with Gasteiger partial charge < -0.3 is 31.1 Å². The zero-order valence-electron chi connectivity index (χ0n) is 39.3. The van der Waals surface area contributed by atoms with Gasteiger partial charge in [0.15, 0.2) is 0 Å². The van der Waals surface area contributed by atoms with E-state index in [0.29, 0.717) is 73.3 Å². The third-order valence-electron chi connectivity index (χ3n) is 13.2. The molecular formula is C56H54N10O5. The molecule has 2 aliphatic heterocycles. The number of hydrogen-bond acceptors (Lipinski definition) is 10. The molecule has 0 unspecified atom stereocenters. The molecule has 0 aromatic heterocycles. The highest BCUT2D eigenvalue weighted by Gasteiger charge is 2.44. The third-order valence-corrected chi connectivity index (χ3v) is 13.2. The Morgan fingerprint density at radius 2 is 0.704 bits per heavy atom. The van der Waals surface area contributed by atoms with Crippen LogP contribution in [0.5, 0.6) is 0 Å². The second-order valence-corrected chi connectivity index (χ2v) is 17.9. The van der Waals surface area contributed by atoms with Gasteiger partial charge >= 0.3 is 0 Å². The fourth-order valence-corrected chi connectivity index (χ4v) is 9.05. The molecule has 5 amide bonds. The van der Waals surface area contributed by atoms with Crippen molar-refractivity contribution >= 4 is 29.5 Å². The number of hydrogen-bond donors (Lipinski definition) is 4. The molecule has 0 saturated carbocycles. The highest BCUT2D eigenvalue weighted by Crippen LogP contribution is 2.28. The van der Waals surface area contributed by atoms with E-state index in [1.165, 1.54) is 4.90 Å². The van der Waals surface area contributed by atoms with E-state index in [-0.39, 0.29) is 67.8 Å². The second kappa shape index (κ2) is 24.6. The Morgan fingerprint density at radius 3 is 1.04 bits per heavy atom. The molecule has 71 heavy (non-hydrogen) atoms. The summed E-state index contributed by atoms with van der Waals surface area (Å²) in [6.07, 6.45) is 2.30. The predicted octanol–water partition coefficient (Wildman–Crippen LogP) is 4.46. The molecule has 2 saturated heterocycles. The van der Waals surface area contributed by atoms with E-state index in [1.807, 2.05) is 48.5 Å². The molecule has 0 aliphatic carbocycles. The topological polar surface area (TPSA) is 235 Å². The standard InChI is InChI=1S/C56H54N10O5/c57-29-42-9-1-38(2-10-42)21-25-61-33-48-34-65(35-49(48)52(67)62-26-22-39-3-11-43(30-58)12-4-39)55(70)46-17-19-47(20-18-46)56(71)66-36-50(53(68)63-27-23-40-5-13-44(31-59)14-6-40)51(37-66)54(69)64-28-24-41-7-15-45(32-60)16-8-41/h1-20,48-51,61H,21-28,33-37H2,(H,62,67)(H,63,68)(H,64,69)/t48-,49-,50-,51-/m0/s1. The van der Waals surface area contributed by atoms with Crippen LogP contribution in [0.15, 0.2) is 121 Å². The van der Waals surface area contributed by atoms with Crippen LogP contribution in [0.2, 0.25) is 0 Å². The Balaban J connectivity index is 0.982. The van der Waals surface area contributed by atoms with Gasteiger partial charge in [-0.1, -0.05) is 48.5 Å². The van der Waals surface area contributed by atoms with Gasteiger partial charge in [0.05, 0.1) is 64.3 Å². The number of nitrogens with zero attached hydrogens (tertiary/aromatic N) is 6. The van der Waals surface area contributed by atoms with Crippen LogP contribution in [0.3, 0.4) is 0 Å². The Labute approximate surface area is 413 Å². The van der Waals surface area contributed by atoms with Gasteiger partial charge in [0.1, 0.15) is 0 Å². The molecule has 15 nitrogen and oxygen atoms in total. The lowest BCUT2D eigenvalue weighted by atomic mass is 9.94. The SMILES string of the molecule is N#Cc1ccc(CCNC[C@H]2CN(C(=O)c3ccc(C(=O)N4C[C@H](C(=O)NCCc5ccc(C#N)cc5)[C@@H](C(=O)NCCc5ccc(C#N)cc5)C4)cc3)C[C@@H]2C(=O)NCCc2ccc(C#N)cc2)cc1. The van der Waals surface area contributed by atoms with E-state index in [0.717, 1.165) is 28.7 Å². The van der Waals surface area contributed by atoms with Crippen molar-refractivity contribution < 1.29 is 24.0 Å². The first kappa shape index (κ1) is 50.3. The summed E-state index contributed by atoms with van der Waals surface area (Å²) in [5, 5.41) is 49.0. The van der Waals surface area contributed by atoms with Gasteiger partial charge in [0.2, 0.25) is 17.7 Å². The Kier molecular flexibility index (Phi) is 17.4. The van der Waals surface area contributed by atoms with E-state index in [1.54, 1.807) is 77.7 Å².